The topological polar surface area (TPSA) is 24.1 Å². The summed E-state index contributed by atoms with van der Waals surface area (Å²) in [5.41, 5.74) is 1.86. The van der Waals surface area contributed by atoms with E-state index >= 15 is 0 Å². The average molecular weight is 224 g/mol. The summed E-state index contributed by atoms with van der Waals surface area (Å²) in [6.45, 7) is 7.78. The summed E-state index contributed by atoms with van der Waals surface area (Å²) in [6.07, 6.45) is 1.12. The predicted molar refractivity (Wildman–Crippen MR) is 66.0 cm³/mol. The minimum Gasteiger partial charge on any atom is -0.317 e. The summed E-state index contributed by atoms with van der Waals surface area (Å²) in [5, 5.41) is 6.62. The number of halogens is 1. The maximum atomic E-state index is 13.0. The van der Waals surface area contributed by atoms with Crippen LogP contribution < -0.4 is 10.6 Å². The molecule has 0 saturated heterocycles. The molecule has 0 spiro atoms. The summed E-state index contributed by atoms with van der Waals surface area (Å²) in [4.78, 5) is 0. The summed E-state index contributed by atoms with van der Waals surface area (Å²) in [6, 6.07) is 5.26. The maximum Gasteiger partial charge on any atom is 0.126 e. The number of hydrogen-bond acceptors (Lipinski definition) is 2. The van der Waals surface area contributed by atoms with Gasteiger partial charge in [-0.2, -0.15) is 0 Å². The Morgan fingerprint density at radius 3 is 2.62 bits per heavy atom. The number of hydrogen-bond donors (Lipinski definition) is 2. The van der Waals surface area contributed by atoms with E-state index in [0.717, 1.165) is 38.2 Å². The van der Waals surface area contributed by atoms with Gasteiger partial charge in [0.15, 0.2) is 0 Å². The van der Waals surface area contributed by atoms with E-state index < -0.39 is 0 Å². The van der Waals surface area contributed by atoms with Crippen LogP contribution in [-0.2, 0) is 6.54 Å². The van der Waals surface area contributed by atoms with Crippen LogP contribution in [0.3, 0.4) is 0 Å². The molecule has 0 bridgehead atoms. The van der Waals surface area contributed by atoms with Crippen molar-refractivity contribution < 1.29 is 4.39 Å². The summed E-state index contributed by atoms with van der Waals surface area (Å²) >= 11 is 0. The highest BCUT2D eigenvalue weighted by Gasteiger charge is 1.98. The van der Waals surface area contributed by atoms with Crippen molar-refractivity contribution in [2.45, 2.75) is 26.8 Å². The van der Waals surface area contributed by atoms with Gasteiger partial charge in [-0.25, -0.2) is 4.39 Å². The average Bonchev–Trinajstić information content (AvgIpc) is 2.28. The lowest BCUT2D eigenvalue weighted by Crippen LogP contribution is -2.21. The highest BCUT2D eigenvalue weighted by atomic mass is 19.1. The number of benzene rings is 1. The monoisotopic (exact) mass is 224 g/mol. The lowest BCUT2D eigenvalue weighted by molar-refractivity contribution is 0.601. The van der Waals surface area contributed by atoms with Crippen molar-refractivity contribution in [2.75, 3.05) is 19.6 Å². The Balaban J connectivity index is 2.19. The molecule has 1 aromatic carbocycles. The van der Waals surface area contributed by atoms with Crippen LogP contribution in [-0.4, -0.2) is 19.6 Å². The van der Waals surface area contributed by atoms with Crippen molar-refractivity contribution >= 4 is 0 Å². The van der Waals surface area contributed by atoms with Crippen LogP contribution in [0.5, 0.6) is 0 Å². The molecule has 0 aromatic heterocycles. The molecule has 0 heterocycles. The van der Waals surface area contributed by atoms with Crippen LogP contribution in [0.15, 0.2) is 18.2 Å². The fourth-order valence-electron chi connectivity index (χ4n) is 1.56. The minimum atomic E-state index is -0.129. The Kier molecular flexibility index (Phi) is 6.04. The van der Waals surface area contributed by atoms with Gasteiger partial charge in [-0.1, -0.05) is 19.1 Å². The second-order valence-corrected chi connectivity index (χ2v) is 3.97. The highest BCUT2D eigenvalue weighted by Crippen LogP contribution is 2.08. The molecule has 0 aliphatic heterocycles. The lowest BCUT2D eigenvalue weighted by atomic mass is 10.1. The van der Waals surface area contributed by atoms with Gasteiger partial charge in [0, 0.05) is 6.54 Å². The van der Waals surface area contributed by atoms with E-state index in [4.69, 9.17) is 0 Å². The first-order valence-electron chi connectivity index (χ1n) is 5.90. The zero-order chi connectivity index (χ0) is 11.8. The Hall–Kier alpha value is -0.930. The van der Waals surface area contributed by atoms with Crippen LogP contribution >= 0.6 is 0 Å². The molecule has 2 nitrogen and oxygen atoms in total. The molecule has 0 aliphatic carbocycles. The van der Waals surface area contributed by atoms with Crippen molar-refractivity contribution in [1.29, 1.82) is 0 Å². The van der Waals surface area contributed by atoms with Gasteiger partial charge in [0.05, 0.1) is 0 Å². The van der Waals surface area contributed by atoms with Gasteiger partial charge >= 0.3 is 0 Å². The van der Waals surface area contributed by atoms with Crippen molar-refractivity contribution in [1.82, 2.24) is 10.6 Å². The summed E-state index contributed by atoms with van der Waals surface area (Å²) in [5.74, 6) is -0.129. The van der Waals surface area contributed by atoms with E-state index in [1.54, 1.807) is 6.92 Å². The van der Waals surface area contributed by atoms with Crippen LogP contribution in [0.4, 0.5) is 4.39 Å². The van der Waals surface area contributed by atoms with E-state index in [0.29, 0.717) is 5.56 Å². The van der Waals surface area contributed by atoms with Crippen LogP contribution in [0.25, 0.3) is 0 Å². The molecular weight excluding hydrogens is 203 g/mol. The van der Waals surface area contributed by atoms with Crippen molar-refractivity contribution in [3.63, 3.8) is 0 Å². The van der Waals surface area contributed by atoms with Crippen LogP contribution in [0.2, 0.25) is 0 Å². The molecule has 1 rings (SSSR count). The van der Waals surface area contributed by atoms with E-state index in [1.807, 2.05) is 12.1 Å². The molecule has 0 atom stereocenters. The molecule has 0 unspecified atom stereocenters. The standard InChI is InChI=1S/C13H21FN2/c1-3-15-7-4-8-16-10-12-5-6-13(14)11(2)9-12/h5-6,9,15-16H,3-4,7-8,10H2,1-2H3. The highest BCUT2D eigenvalue weighted by molar-refractivity contribution is 5.23. The molecule has 0 radical (unpaired) electrons. The predicted octanol–water partition coefficient (Wildman–Crippen LogP) is 2.22. The third kappa shape index (κ3) is 4.73. The molecule has 0 amide bonds. The second-order valence-electron chi connectivity index (χ2n) is 3.97. The zero-order valence-corrected chi connectivity index (χ0v) is 10.1. The molecule has 1 aromatic rings. The minimum absolute atomic E-state index is 0.129. The fraction of sp³-hybridized carbons (Fsp3) is 0.538. The molecule has 16 heavy (non-hydrogen) atoms. The summed E-state index contributed by atoms with van der Waals surface area (Å²) < 4.78 is 13.0. The SMILES string of the molecule is CCNCCCNCc1ccc(F)c(C)c1. The molecule has 90 valence electrons. The Morgan fingerprint density at radius 2 is 1.94 bits per heavy atom. The largest absolute Gasteiger partial charge is 0.317 e. The number of nitrogens with one attached hydrogen (secondary N) is 2. The van der Waals surface area contributed by atoms with Crippen LogP contribution in [0.1, 0.15) is 24.5 Å². The normalized spacial score (nSPS) is 10.7. The van der Waals surface area contributed by atoms with E-state index in [2.05, 4.69) is 17.6 Å². The van der Waals surface area contributed by atoms with E-state index in [1.165, 1.54) is 6.07 Å². The first-order valence-corrected chi connectivity index (χ1v) is 5.90. The third-order valence-electron chi connectivity index (χ3n) is 2.51. The number of aryl methyl sites for hydroxylation is 1. The molecule has 0 aliphatic rings. The first-order chi connectivity index (χ1) is 7.74. The Labute approximate surface area is 97.3 Å². The quantitative estimate of drug-likeness (QED) is 0.694. The first kappa shape index (κ1) is 13.1. The Morgan fingerprint density at radius 1 is 1.19 bits per heavy atom. The molecule has 0 saturated carbocycles. The van der Waals surface area contributed by atoms with Gasteiger partial charge in [0.2, 0.25) is 0 Å². The fourth-order valence-corrected chi connectivity index (χ4v) is 1.56. The van der Waals surface area contributed by atoms with Crippen molar-refractivity contribution in [3.8, 4) is 0 Å². The van der Waals surface area contributed by atoms with Gasteiger partial charge < -0.3 is 10.6 Å². The lowest BCUT2D eigenvalue weighted by Gasteiger charge is -2.06. The van der Waals surface area contributed by atoms with E-state index in [-0.39, 0.29) is 5.82 Å². The van der Waals surface area contributed by atoms with Gasteiger partial charge in [-0.15, -0.1) is 0 Å². The van der Waals surface area contributed by atoms with Gasteiger partial charge in [-0.3, -0.25) is 0 Å². The van der Waals surface area contributed by atoms with Crippen LogP contribution in [0, 0.1) is 12.7 Å². The zero-order valence-electron chi connectivity index (χ0n) is 10.1. The molecule has 2 N–H and O–H groups in total. The maximum absolute atomic E-state index is 13.0. The van der Waals surface area contributed by atoms with Gasteiger partial charge in [-0.05, 0) is 50.2 Å². The molecule has 0 fully saturated rings. The van der Waals surface area contributed by atoms with Gasteiger partial charge in [0.1, 0.15) is 5.82 Å². The van der Waals surface area contributed by atoms with Gasteiger partial charge in [0.25, 0.3) is 0 Å². The smallest absolute Gasteiger partial charge is 0.126 e. The molecule has 3 heteroatoms. The summed E-state index contributed by atoms with van der Waals surface area (Å²) in [7, 11) is 0. The van der Waals surface area contributed by atoms with Crippen molar-refractivity contribution in [2.24, 2.45) is 0 Å². The number of rotatable bonds is 7. The second kappa shape index (κ2) is 7.36. The van der Waals surface area contributed by atoms with E-state index in [9.17, 15) is 4.39 Å². The third-order valence-corrected chi connectivity index (χ3v) is 2.51. The molecular formula is C13H21FN2. The van der Waals surface area contributed by atoms with Crippen molar-refractivity contribution in [3.05, 3.63) is 35.1 Å². The Bertz CT molecular complexity index is 313.